The Labute approximate surface area is 151 Å². The number of rotatable bonds is 6. The Morgan fingerprint density at radius 2 is 1.09 bits per heavy atom. The summed E-state index contributed by atoms with van der Waals surface area (Å²) in [6.45, 7) is 9.16. The van der Waals surface area contributed by atoms with Crippen molar-refractivity contribution in [3.8, 4) is 0 Å². The summed E-state index contributed by atoms with van der Waals surface area (Å²) < 4.78 is 3.08. The van der Waals surface area contributed by atoms with Gasteiger partial charge in [0.05, 0.1) is 0 Å². The van der Waals surface area contributed by atoms with Gasteiger partial charge in [-0.05, 0) is 0 Å². The predicted molar refractivity (Wildman–Crippen MR) is 105 cm³/mol. The van der Waals surface area contributed by atoms with Gasteiger partial charge in [0.1, 0.15) is 0 Å². The van der Waals surface area contributed by atoms with Gasteiger partial charge in [-0.2, -0.15) is 0 Å². The first-order valence-electron chi connectivity index (χ1n) is 8.28. The molecule has 0 saturated carbocycles. The molecule has 2 aromatic carbocycles. The van der Waals surface area contributed by atoms with E-state index in [1.165, 1.54) is 22.5 Å². The molecule has 0 bridgehead atoms. The first-order valence-corrected chi connectivity index (χ1v) is 10.6. The molecule has 0 radical (unpaired) electrons. The third kappa shape index (κ3) is 4.03. The molecule has 2 aromatic rings. The van der Waals surface area contributed by atoms with E-state index in [2.05, 4.69) is 74.7 Å². The van der Waals surface area contributed by atoms with Crippen LogP contribution in [0.5, 0.6) is 0 Å². The number of benzene rings is 2. The molecule has 0 aromatic heterocycles. The number of anilines is 2. The molecule has 23 heavy (non-hydrogen) atoms. The average molecular weight is 424 g/mol. The maximum atomic E-state index is 3.41. The minimum absolute atomic E-state index is 0.484. The van der Waals surface area contributed by atoms with E-state index in [0.717, 1.165) is 0 Å². The number of nitrogens with one attached hydrogen (secondary N) is 2. The van der Waals surface area contributed by atoms with Crippen LogP contribution >= 0.6 is 0 Å². The molecule has 0 unspecified atom stereocenters. The molecule has 0 aliphatic heterocycles. The Hall–Kier alpha value is -1.17. The molecule has 0 saturated heterocycles. The molecule has 2 nitrogen and oxygen atoms in total. The Balaban J connectivity index is 2.59. The van der Waals surface area contributed by atoms with Crippen LogP contribution in [0, 0.1) is 0 Å². The van der Waals surface area contributed by atoms with Crippen LogP contribution in [0.1, 0.15) is 50.7 Å². The van der Waals surface area contributed by atoms with Crippen molar-refractivity contribution in [2.24, 2.45) is 0 Å². The van der Waals surface area contributed by atoms with Crippen molar-refractivity contribution in [2.45, 2.75) is 39.5 Å². The SMILES string of the molecule is CNc1cccc(C(C)C)c1[Te]c1c(NC)cccc1C(C)C. The van der Waals surface area contributed by atoms with Gasteiger partial charge < -0.3 is 0 Å². The van der Waals surface area contributed by atoms with Crippen molar-refractivity contribution >= 4 is 39.5 Å². The zero-order chi connectivity index (χ0) is 17.0. The van der Waals surface area contributed by atoms with Crippen molar-refractivity contribution in [3.05, 3.63) is 47.5 Å². The number of hydrogen-bond acceptors (Lipinski definition) is 2. The fraction of sp³-hybridized carbons (Fsp3) is 0.400. The second-order valence-electron chi connectivity index (χ2n) is 6.36. The second kappa shape index (κ2) is 8.08. The summed E-state index contributed by atoms with van der Waals surface area (Å²) in [5, 5.41) is 6.82. The van der Waals surface area contributed by atoms with Crippen molar-refractivity contribution in [1.29, 1.82) is 0 Å². The van der Waals surface area contributed by atoms with Crippen LogP contribution in [0.25, 0.3) is 0 Å². The van der Waals surface area contributed by atoms with Crippen LogP contribution in [0.3, 0.4) is 0 Å². The number of hydrogen-bond donors (Lipinski definition) is 2. The molecule has 2 rings (SSSR count). The molecule has 0 amide bonds. The predicted octanol–water partition coefficient (Wildman–Crippen LogP) is 3.67. The average Bonchev–Trinajstić information content (AvgIpc) is 2.54. The molecule has 0 fully saturated rings. The van der Waals surface area contributed by atoms with Gasteiger partial charge in [-0.3, -0.25) is 0 Å². The Kier molecular flexibility index (Phi) is 6.39. The Morgan fingerprint density at radius 1 is 0.696 bits per heavy atom. The van der Waals surface area contributed by atoms with Crippen LogP contribution in [0.2, 0.25) is 0 Å². The summed E-state index contributed by atoms with van der Waals surface area (Å²) in [5.74, 6) is 1.10. The van der Waals surface area contributed by atoms with Gasteiger partial charge in [0, 0.05) is 0 Å². The normalized spacial score (nSPS) is 11.1. The van der Waals surface area contributed by atoms with E-state index in [4.69, 9.17) is 0 Å². The molecule has 2 N–H and O–H groups in total. The van der Waals surface area contributed by atoms with E-state index in [9.17, 15) is 0 Å². The van der Waals surface area contributed by atoms with E-state index < -0.39 is 20.9 Å². The van der Waals surface area contributed by atoms with E-state index in [1.807, 2.05) is 14.1 Å². The summed E-state index contributed by atoms with van der Waals surface area (Å²) in [7, 11) is 4.06. The Morgan fingerprint density at radius 3 is 1.39 bits per heavy atom. The van der Waals surface area contributed by atoms with Crippen molar-refractivity contribution in [2.75, 3.05) is 24.7 Å². The van der Waals surface area contributed by atoms with Gasteiger partial charge in [-0.25, -0.2) is 0 Å². The molecular formula is C20H28N2Te. The molecule has 0 heterocycles. The molecule has 0 spiro atoms. The van der Waals surface area contributed by atoms with Crippen molar-refractivity contribution in [1.82, 2.24) is 0 Å². The third-order valence-corrected chi connectivity index (χ3v) is 7.84. The first kappa shape index (κ1) is 18.2. The summed E-state index contributed by atoms with van der Waals surface area (Å²) in [5.41, 5.74) is 5.55. The summed E-state index contributed by atoms with van der Waals surface area (Å²) in [6, 6.07) is 13.4. The Bertz CT molecular complexity index is 605. The molecule has 0 atom stereocenters. The second-order valence-corrected chi connectivity index (χ2v) is 9.27. The van der Waals surface area contributed by atoms with E-state index in [-0.39, 0.29) is 0 Å². The van der Waals surface area contributed by atoms with Crippen molar-refractivity contribution in [3.63, 3.8) is 0 Å². The van der Waals surface area contributed by atoms with E-state index in [1.54, 1.807) is 7.22 Å². The van der Waals surface area contributed by atoms with Gasteiger partial charge >= 0.3 is 151 Å². The molecule has 0 aliphatic rings. The first-order chi connectivity index (χ1) is 11.0. The van der Waals surface area contributed by atoms with E-state index >= 15 is 0 Å². The van der Waals surface area contributed by atoms with Gasteiger partial charge in [0.25, 0.3) is 0 Å². The van der Waals surface area contributed by atoms with Gasteiger partial charge in [-0.1, -0.05) is 0 Å². The molecule has 124 valence electrons. The molecule has 3 heteroatoms. The minimum atomic E-state index is -0.484. The van der Waals surface area contributed by atoms with Crippen LogP contribution in [0.15, 0.2) is 36.4 Å². The van der Waals surface area contributed by atoms with Gasteiger partial charge in [0.2, 0.25) is 0 Å². The van der Waals surface area contributed by atoms with Gasteiger partial charge in [-0.15, -0.1) is 0 Å². The quantitative estimate of drug-likeness (QED) is 0.692. The fourth-order valence-corrected chi connectivity index (χ4v) is 7.33. The monoisotopic (exact) mass is 426 g/mol. The third-order valence-electron chi connectivity index (χ3n) is 4.08. The van der Waals surface area contributed by atoms with Crippen LogP contribution in [0.4, 0.5) is 11.4 Å². The van der Waals surface area contributed by atoms with Crippen molar-refractivity contribution < 1.29 is 0 Å². The summed E-state index contributed by atoms with van der Waals surface area (Å²) in [6.07, 6.45) is 0. The summed E-state index contributed by atoms with van der Waals surface area (Å²) in [4.78, 5) is 0. The maximum absolute atomic E-state index is 3.41. The zero-order valence-corrected chi connectivity index (χ0v) is 17.4. The fourth-order valence-electron chi connectivity index (χ4n) is 2.74. The van der Waals surface area contributed by atoms with Crippen LogP contribution < -0.4 is 17.9 Å². The zero-order valence-electron chi connectivity index (χ0n) is 15.0. The van der Waals surface area contributed by atoms with Gasteiger partial charge in [0.15, 0.2) is 0 Å². The molecular weight excluding hydrogens is 396 g/mol. The van der Waals surface area contributed by atoms with Crippen LogP contribution in [-0.2, 0) is 0 Å². The van der Waals surface area contributed by atoms with E-state index in [0.29, 0.717) is 11.8 Å². The topological polar surface area (TPSA) is 24.1 Å². The standard InChI is InChI=1S/C20H28N2Te/c1-13(2)15-9-7-11-17(21-5)19(15)23-20-16(14(3)4)10-8-12-18(20)22-6/h7-14,21-22H,1-6H3. The summed E-state index contributed by atoms with van der Waals surface area (Å²) >= 11 is -0.484. The molecule has 0 aliphatic carbocycles. The van der Waals surface area contributed by atoms with Crippen LogP contribution in [-0.4, -0.2) is 35.0 Å².